The molecule has 0 bridgehead atoms. The van der Waals surface area contributed by atoms with E-state index in [2.05, 4.69) is 20.5 Å². The summed E-state index contributed by atoms with van der Waals surface area (Å²) in [6.07, 6.45) is 3.17. The van der Waals surface area contributed by atoms with Crippen molar-refractivity contribution >= 4 is 23.0 Å². The van der Waals surface area contributed by atoms with E-state index in [1.807, 2.05) is 30.3 Å². The van der Waals surface area contributed by atoms with Crippen molar-refractivity contribution in [3.63, 3.8) is 0 Å². The molecule has 0 aliphatic rings. The van der Waals surface area contributed by atoms with Gasteiger partial charge in [0.25, 0.3) is 5.91 Å². The summed E-state index contributed by atoms with van der Waals surface area (Å²) in [7, 11) is 0. The summed E-state index contributed by atoms with van der Waals surface area (Å²) in [4.78, 5) is 15.9. The summed E-state index contributed by atoms with van der Waals surface area (Å²) in [5.41, 5.74) is 2.77. The van der Waals surface area contributed by atoms with Crippen molar-refractivity contribution in [3.8, 4) is 0 Å². The van der Waals surface area contributed by atoms with Crippen LogP contribution in [0.25, 0.3) is 0 Å². The molecule has 0 aliphatic heterocycles. The van der Waals surface area contributed by atoms with Crippen LogP contribution in [0.1, 0.15) is 10.4 Å². The fourth-order valence-electron chi connectivity index (χ4n) is 1.93. The highest BCUT2D eigenvalue weighted by Crippen LogP contribution is 2.20. The van der Waals surface area contributed by atoms with Gasteiger partial charge >= 0.3 is 0 Å². The van der Waals surface area contributed by atoms with E-state index in [0.29, 0.717) is 11.3 Å². The molecule has 0 spiro atoms. The monoisotopic (exact) mass is 302 g/mol. The number of anilines is 1. The molecular weight excluding hydrogens is 288 g/mol. The lowest BCUT2D eigenvalue weighted by molar-refractivity contribution is 0.102. The van der Waals surface area contributed by atoms with Gasteiger partial charge in [-0.05, 0) is 48.5 Å². The van der Waals surface area contributed by atoms with Gasteiger partial charge in [-0.15, -0.1) is 0 Å². The molecule has 0 fully saturated rings. The van der Waals surface area contributed by atoms with Crippen molar-refractivity contribution in [2.75, 3.05) is 5.32 Å². The van der Waals surface area contributed by atoms with Crippen molar-refractivity contribution in [2.45, 2.75) is 0 Å². The van der Waals surface area contributed by atoms with Crippen molar-refractivity contribution in [1.82, 2.24) is 4.98 Å². The number of nitrogens with one attached hydrogen (secondary N) is 1. The van der Waals surface area contributed by atoms with E-state index in [4.69, 9.17) is 0 Å². The Bertz CT molecular complexity index is 799. The highest BCUT2D eigenvalue weighted by Gasteiger charge is 2.04. The Morgan fingerprint density at radius 3 is 2.04 bits per heavy atom. The number of aromatic nitrogens is 1. The Kier molecular flexibility index (Phi) is 4.49. The average Bonchev–Trinajstić information content (AvgIpc) is 2.63. The lowest BCUT2D eigenvalue weighted by Crippen LogP contribution is -2.11. The predicted molar refractivity (Wildman–Crippen MR) is 89.3 cm³/mol. The minimum atomic E-state index is -0.175. The highest BCUT2D eigenvalue weighted by molar-refractivity contribution is 6.04. The zero-order valence-electron chi connectivity index (χ0n) is 12.3. The van der Waals surface area contributed by atoms with E-state index in [0.717, 1.165) is 11.4 Å². The van der Waals surface area contributed by atoms with Crippen molar-refractivity contribution in [3.05, 3.63) is 84.7 Å². The van der Waals surface area contributed by atoms with Crippen LogP contribution >= 0.6 is 0 Å². The van der Waals surface area contributed by atoms with Crippen LogP contribution in [-0.2, 0) is 0 Å². The average molecular weight is 302 g/mol. The molecule has 0 saturated carbocycles. The maximum atomic E-state index is 12.0. The van der Waals surface area contributed by atoms with E-state index >= 15 is 0 Å². The van der Waals surface area contributed by atoms with E-state index in [9.17, 15) is 4.79 Å². The summed E-state index contributed by atoms with van der Waals surface area (Å²) in [5, 5.41) is 11.1. The van der Waals surface area contributed by atoms with Gasteiger partial charge < -0.3 is 5.32 Å². The fourth-order valence-corrected chi connectivity index (χ4v) is 1.93. The van der Waals surface area contributed by atoms with Crippen LogP contribution in [0, 0.1) is 0 Å². The van der Waals surface area contributed by atoms with Crippen molar-refractivity contribution < 1.29 is 4.79 Å². The summed E-state index contributed by atoms with van der Waals surface area (Å²) < 4.78 is 0. The zero-order chi connectivity index (χ0) is 15.9. The Morgan fingerprint density at radius 2 is 1.39 bits per heavy atom. The number of azo groups is 1. The molecular formula is C18H14N4O. The summed E-state index contributed by atoms with van der Waals surface area (Å²) in [6.45, 7) is 0. The third-order valence-corrected chi connectivity index (χ3v) is 3.10. The molecule has 3 aromatic rings. The second-order valence-corrected chi connectivity index (χ2v) is 4.77. The number of hydrogen-bond acceptors (Lipinski definition) is 4. The largest absolute Gasteiger partial charge is 0.322 e. The second kappa shape index (κ2) is 7.09. The highest BCUT2D eigenvalue weighted by atomic mass is 16.1. The van der Waals surface area contributed by atoms with Crippen molar-refractivity contribution in [1.29, 1.82) is 0 Å². The van der Waals surface area contributed by atoms with Gasteiger partial charge in [-0.1, -0.05) is 18.2 Å². The quantitative estimate of drug-likeness (QED) is 0.707. The van der Waals surface area contributed by atoms with E-state index < -0.39 is 0 Å². The lowest BCUT2D eigenvalue weighted by Gasteiger charge is -2.04. The summed E-state index contributed by atoms with van der Waals surface area (Å²) in [5.74, 6) is -0.175. The van der Waals surface area contributed by atoms with E-state index in [-0.39, 0.29) is 5.91 Å². The molecule has 0 unspecified atom stereocenters. The topological polar surface area (TPSA) is 66.7 Å². The molecule has 5 nitrogen and oxygen atoms in total. The minimum Gasteiger partial charge on any atom is -0.322 e. The number of carbonyl (C=O) groups excluding carboxylic acids is 1. The molecule has 1 amide bonds. The first-order valence-electron chi connectivity index (χ1n) is 7.09. The molecule has 0 atom stereocenters. The van der Waals surface area contributed by atoms with E-state index in [1.54, 1.807) is 48.8 Å². The Hall–Kier alpha value is -3.34. The van der Waals surface area contributed by atoms with Gasteiger partial charge in [-0.3, -0.25) is 9.78 Å². The SMILES string of the molecule is O=C(Nc1ccc(N=Nc2ccccc2)cc1)c1ccncc1. The third kappa shape index (κ3) is 4.07. The number of amides is 1. The number of nitrogens with zero attached hydrogens (tertiary/aromatic N) is 3. The maximum absolute atomic E-state index is 12.0. The maximum Gasteiger partial charge on any atom is 0.255 e. The summed E-state index contributed by atoms with van der Waals surface area (Å²) in [6, 6.07) is 20.0. The molecule has 5 heteroatoms. The van der Waals surface area contributed by atoms with Crippen LogP contribution in [-0.4, -0.2) is 10.9 Å². The molecule has 0 saturated heterocycles. The fraction of sp³-hybridized carbons (Fsp3) is 0. The van der Waals surface area contributed by atoms with Gasteiger partial charge in [-0.2, -0.15) is 10.2 Å². The first-order chi connectivity index (χ1) is 11.3. The van der Waals surface area contributed by atoms with Crippen molar-refractivity contribution in [2.24, 2.45) is 10.2 Å². The van der Waals surface area contributed by atoms with Gasteiger partial charge in [0, 0.05) is 23.6 Å². The van der Waals surface area contributed by atoms with Crippen LogP contribution in [0.4, 0.5) is 17.1 Å². The third-order valence-electron chi connectivity index (χ3n) is 3.10. The molecule has 2 aromatic carbocycles. The minimum absolute atomic E-state index is 0.175. The van der Waals surface area contributed by atoms with Crippen LogP contribution in [0.5, 0.6) is 0 Å². The molecule has 23 heavy (non-hydrogen) atoms. The van der Waals surface area contributed by atoms with E-state index in [1.165, 1.54) is 0 Å². The number of hydrogen-bond donors (Lipinski definition) is 1. The Morgan fingerprint density at radius 1 is 0.783 bits per heavy atom. The number of pyridine rings is 1. The van der Waals surface area contributed by atoms with Gasteiger partial charge in [0.15, 0.2) is 0 Å². The smallest absolute Gasteiger partial charge is 0.255 e. The molecule has 0 radical (unpaired) electrons. The van der Waals surface area contributed by atoms with Gasteiger partial charge in [-0.25, -0.2) is 0 Å². The lowest BCUT2D eigenvalue weighted by atomic mass is 10.2. The van der Waals surface area contributed by atoms with Crippen LogP contribution in [0.3, 0.4) is 0 Å². The summed E-state index contributed by atoms with van der Waals surface area (Å²) >= 11 is 0. The number of carbonyl (C=O) groups is 1. The molecule has 0 aliphatic carbocycles. The Balaban J connectivity index is 1.65. The van der Waals surface area contributed by atoms with Gasteiger partial charge in [0.1, 0.15) is 0 Å². The molecule has 1 aromatic heterocycles. The Labute approximate surface area is 133 Å². The zero-order valence-corrected chi connectivity index (χ0v) is 12.3. The standard InChI is InChI=1S/C18H14N4O/c23-18(14-10-12-19-13-11-14)20-15-6-8-17(9-7-15)22-21-16-4-2-1-3-5-16/h1-13H,(H,20,23). The normalized spacial score (nSPS) is 10.6. The first kappa shape index (κ1) is 14.6. The second-order valence-electron chi connectivity index (χ2n) is 4.77. The van der Waals surface area contributed by atoms with Gasteiger partial charge in [0.2, 0.25) is 0 Å². The predicted octanol–water partition coefficient (Wildman–Crippen LogP) is 4.75. The molecule has 1 heterocycles. The number of rotatable bonds is 4. The van der Waals surface area contributed by atoms with Crippen LogP contribution in [0.15, 0.2) is 89.4 Å². The van der Waals surface area contributed by atoms with Crippen LogP contribution < -0.4 is 5.32 Å². The number of benzene rings is 2. The molecule has 3 rings (SSSR count). The van der Waals surface area contributed by atoms with Gasteiger partial charge in [0.05, 0.1) is 11.4 Å². The molecule has 112 valence electrons. The molecule has 1 N–H and O–H groups in total. The van der Waals surface area contributed by atoms with Crippen LogP contribution in [0.2, 0.25) is 0 Å². The first-order valence-corrected chi connectivity index (χ1v) is 7.09.